The SMILES string of the molecule is CC1(C)C(=O)Nc2ccccc2N1C(=O)COC(=O)CC12C[C@@H]3C[C@@H](CC(Br)(C3)C1)C2. The third-order valence-electron chi connectivity index (χ3n) is 7.74. The molecule has 1 aromatic rings. The maximum atomic E-state index is 13.1. The lowest BCUT2D eigenvalue weighted by molar-refractivity contribution is -0.154. The predicted octanol–water partition coefficient (Wildman–Crippen LogP) is 4.42. The van der Waals surface area contributed by atoms with E-state index in [-0.39, 0.29) is 34.1 Å². The molecule has 0 aromatic heterocycles. The second-order valence-corrected chi connectivity index (χ2v) is 12.4. The van der Waals surface area contributed by atoms with Gasteiger partial charge in [0.05, 0.1) is 17.8 Å². The number of hydrogen-bond donors (Lipinski definition) is 1. The second kappa shape index (κ2) is 7.06. The molecule has 1 heterocycles. The van der Waals surface area contributed by atoms with Crippen LogP contribution in [-0.2, 0) is 19.1 Å². The summed E-state index contributed by atoms with van der Waals surface area (Å²) < 4.78 is 5.68. The van der Waals surface area contributed by atoms with Crippen LogP contribution in [-0.4, -0.2) is 34.3 Å². The minimum absolute atomic E-state index is 0.00456. The molecule has 4 saturated carbocycles. The van der Waals surface area contributed by atoms with Gasteiger partial charge < -0.3 is 10.1 Å². The van der Waals surface area contributed by atoms with Gasteiger partial charge in [-0.2, -0.15) is 0 Å². The van der Waals surface area contributed by atoms with Crippen molar-refractivity contribution in [3.63, 3.8) is 0 Å². The average Bonchev–Trinajstić information content (AvgIpc) is 2.64. The van der Waals surface area contributed by atoms with E-state index in [9.17, 15) is 14.4 Å². The van der Waals surface area contributed by atoms with Crippen molar-refractivity contribution >= 4 is 45.1 Å². The molecule has 6 rings (SSSR count). The van der Waals surface area contributed by atoms with E-state index in [1.807, 2.05) is 12.1 Å². The average molecular weight is 489 g/mol. The predicted molar refractivity (Wildman–Crippen MR) is 121 cm³/mol. The number of carbonyl (C=O) groups excluding carboxylic acids is 3. The first-order valence-corrected chi connectivity index (χ1v) is 12.0. The van der Waals surface area contributed by atoms with Gasteiger partial charge in [-0.25, -0.2) is 0 Å². The van der Waals surface area contributed by atoms with Crippen LogP contribution in [0.15, 0.2) is 24.3 Å². The lowest BCUT2D eigenvalue weighted by Crippen LogP contribution is -2.59. The molecule has 1 N–H and O–H groups in total. The lowest BCUT2D eigenvalue weighted by Gasteiger charge is -2.60. The molecule has 5 aliphatic rings. The monoisotopic (exact) mass is 488 g/mol. The number of alkyl halides is 1. The first kappa shape index (κ1) is 21.0. The smallest absolute Gasteiger partial charge is 0.306 e. The highest BCUT2D eigenvalue weighted by Gasteiger charge is 2.57. The number of carbonyl (C=O) groups is 3. The number of amides is 2. The van der Waals surface area contributed by atoms with Gasteiger partial charge in [0.25, 0.3) is 5.91 Å². The molecule has 31 heavy (non-hydrogen) atoms. The zero-order valence-electron chi connectivity index (χ0n) is 18.1. The van der Waals surface area contributed by atoms with Gasteiger partial charge in [0.1, 0.15) is 5.54 Å². The van der Waals surface area contributed by atoms with Crippen molar-refractivity contribution in [2.24, 2.45) is 17.3 Å². The fourth-order valence-corrected chi connectivity index (χ4v) is 8.52. The summed E-state index contributed by atoms with van der Waals surface area (Å²) in [5.41, 5.74) is 0.142. The molecule has 2 unspecified atom stereocenters. The summed E-state index contributed by atoms with van der Waals surface area (Å²) in [6.45, 7) is 3.04. The Morgan fingerprint density at radius 1 is 1.16 bits per heavy atom. The van der Waals surface area contributed by atoms with Crippen LogP contribution < -0.4 is 10.2 Å². The molecule has 1 aliphatic heterocycles. The van der Waals surface area contributed by atoms with Gasteiger partial charge in [0.2, 0.25) is 5.91 Å². The van der Waals surface area contributed by atoms with Crippen LogP contribution >= 0.6 is 15.9 Å². The Kier molecular flexibility index (Phi) is 4.78. The molecule has 4 atom stereocenters. The molecule has 1 aromatic carbocycles. The largest absolute Gasteiger partial charge is 0.456 e. The summed E-state index contributed by atoms with van der Waals surface area (Å²) in [6.07, 6.45) is 7.28. The molecule has 0 spiro atoms. The van der Waals surface area contributed by atoms with Gasteiger partial charge in [0, 0.05) is 4.32 Å². The molecule has 0 saturated heterocycles. The zero-order valence-corrected chi connectivity index (χ0v) is 19.7. The van der Waals surface area contributed by atoms with E-state index < -0.39 is 5.54 Å². The van der Waals surface area contributed by atoms with E-state index >= 15 is 0 Å². The summed E-state index contributed by atoms with van der Waals surface area (Å²) in [6, 6.07) is 7.18. The standard InChI is InChI=1S/C24H29BrN2O4/c1-22(2)21(30)26-17-5-3-4-6-18(17)27(22)19(28)13-31-20(29)12-23-8-15-7-16(9-23)11-24(25,10-15)14-23/h3-6,15-16H,7-14H2,1-2H3,(H,26,30)/t15-,16+,23?,24?. The third-order valence-corrected chi connectivity index (χ3v) is 8.67. The van der Waals surface area contributed by atoms with Gasteiger partial charge in [-0.05, 0) is 81.8 Å². The number of anilines is 2. The number of esters is 1. The van der Waals surface area contributed by atoms with Crippen molar-refractivity contribution in [3.8, 4) is 0 Å². The van der Waals surface area contributed by atoms with Gasteiger partial charge in [0.15, 0.2) is 6.61 Å². The Morgan fingerprint density at radius 3 is 2.52 bits per heavy atom. The van der Waals surface area contributed by atoms with Gasteiger partial charge in [-0.15, -0.1) is 0 Å². The summed E-state index contributed by atoms with van der Waals surface area (Å²) in [7, 11) is 0. The fraction of sp³-hybridized carbons (Fsp3) is 0.625. The number of fused-ring (bicyclic) bond motifs is 1. The molecule has 166 valence electrons. The summed E-state index contributed by atoms with van der Waals surface area (Å²) >= 11 is 3.98. The number of rotatable bonds is 4. The highest BCUT2D eigenvalue weighted by molar-refractivity contribution is 9.10. The highest BCUT2D eigenvalue weighted by Crippen LogP contribution is 2.65. The number of halogens is 1. The molecule has 7 heteroatoms. The van der Waals surface area contributed by atoms with E-state index in [2.05, 4.69) is 21.2 Å². The number of ether oxygens (including phenoxy) is 1. The quantitative estimate of drug-likeness (QED) is 0.502. The molecule has 0 radical (unpaired) electrons. The van der Waals surface area contributed by atoms with Crippen LogP contribution in [0.5, 0.6) is 0 Å². The molecule has 2 amide bonds. The van der Waals surface area contributed by atoms with Gasteiger partial charge >= 0.3 is 5.97 Å². The van der Waals surface area contributed by atoms with E-state index in [0.717, 1.165) is 19.3 Å². The first-order chi connectivity index (χ1) is 14.6. The van der Waals surface area contributed by atoms with Crippen molar-refractivity contribution in [3.05, 3.63) is 24.3 Å². The van der Waals surface area contributed by atoms with E-state index in [1.54, 1.807) is 26.0 Å². The number of nitrogens with zero attached hydrogens (tertiary/aromatic N) is 1. The number of nitrogens with one attached hydrogen (secondary N) is 1. The minimum atomic E-state index is -1.07. The fourth-order valence-electron chi connectivity index (χ4n) is 7.01. The summed E-state index contributed by atoms with van der Waals surface area (Å²) in [5, 5.41) is 2.84. The number of hydrogen-bond acceptors (Lipinski definition) is 4. The first-order valence-electron chi connectivity index (χ1n) is 11.2. The molecule has 4 aliphatic carbocycles. The van der Waals surface area contributed by atoms with Crippen molar-refractivity contribution in [1.82, 2.24) is 0 Å². The second-order valence-electron chi connectivity index (χ2n) is 10.7. The number of benzene rings is 1. The van der Waals surface area contributed by atoms with Gasteiger partial charge in [-0.1, -0.05) is 28.1 Å². The van der Waals surface area contributed by atoms with Crippen LogP contribution in [0.4, 0.5) is 11.4 Å². The van der Waals surface area contributed by atoms with Crippen molar-refractivity contribution in [2.45, 2.75) is 68.7 Å². The minimum Gasteiger partial charge on any atom is -0.456 e. The van der Waals surface area contributed by atoms with Crippen molar-refractivity contribution in [2.75, 3.05) is 16.8 Å². The van der Waals surface area contributed by atoms with Gasteiger partial charge in [-0.3, -0.25) is 19.3 Å². The van der Waals surface area contributed by atoms with Crippen LogP contribution in [0, 0.1) is 17.3 Å². The molecular weight excluding hydrogens is 460 g/mol. The maximum absolute atomic E-state index is 13.1. The third kappa shape index (κ3) is 3.59. The topological polar surface area (TPSA) is 75.7 Å². The maximum Gasteiger partial charge on any atom is 0.306 e. The lowest BCUT2D eigenvalue weighted by atomic mass is 9.49. The zero-order chi connectivity index (χ0) is 22.0. The van der Waals surface area contributed by atoms with Crippen LogP contribution in [0.1, 0.15) is 58.8 Å². The Hall–Kier alpha value is -1.89. The number of para-hydroxylation sites is 2. The summed E-state index contributed by atoms with van der Waals surface area (Å²) in [5.74, 6) is 0.433. The van der Waals surface area contributed by atoms with Crippen LogP contribution in [0.3, 0.4) is 0 Å². The Balaban J connectivity index is 1.27. The van der Waals surface area contributed by atoms with Crippen molar-refractivity contribution in [1.29, 1.82) is 0 Å². The van der Waals surface area contributed by atoms with Crippen LogP contribution in [0.2, 0.25) is 0 Å². The Bertz CT molecular complexity index is 945. The van der Waals surface area contributed by atoms with E-state index in [0.29, 0.717) is 29.6 Å². The highest BCUT2D eigenvalue weighted by atomic mass is 79.9. The molecule has 4 bridgehead atoms. The Morgan fingerprint density at radius 2 is 1.84 bits per heavy atom. The molecule has 6 nitrogen and oxygen atoms in total. The van der Waals surface area contributed by atoms with E-state index in [1.165, 1.54) is 24.2 Å². The molecular formula is C24H29BrN2O4. The summed E-state index contributed by atoms with van der Waals surface area (Å²) in [4.78, 5) is 39.9. The van der Waals surface area contributed by atoms with Crippen LogP contribution in [0.25, 0.3) is 0 Å². The normalized spacial score (nSPS) is 34.8. The van der Waals surface area contributed by atoms with Crippen molar-refractivity contribution < 1.29 is 19.1 Å². The Labute approximate surface area is 191 Å². The molecule has 4 fully saturated rings. The van der Waals surface area contributed by atoms with E-state index in [4.69, 9.17) is 4.74 Å².